The SMILES string of the molecule is Cc1cc(CNS(=O)(=O)c2ccc(C)s2)nc(N2CCCC2)n1. The summed E-state index contributed by atoms with van der Waals surface area (Å²) in [7, 11) is -3.49. The van der Waals surface area contributed by atoms with Gasteiger partial charge in [-0.15, -0.1) is 11.3 Å². The van der Waals surface area contributed by atoms with E-state index in [9.17, 15) is 8.42 Å². The zero-order valence-electron chi connectivity index (χ0n) is 13.2. The number of thiophene rings is 1. The molecule has 3 rings (SSSR count). The molecule has 8 heteroatoms. The molecule has 0 radical (unpaired) electrons. The second kappa shape index (κ2) is 6.54. The van der Waals surface area contributed by atoms with Gasteiger partial charge in [0.25, 0.3) is 0 Å². The molecule has 1 N–H and O–H groups in total. The maximum absolute atomic E-state index is 12.3. The Morgan fingerprint density at radius 3 is 2.61 bits per heavy atom. The van der Waals surface area contributed by atoms with Crippen molar-refractivity contribution in [3.63, 3.8) is 0 Å². The van der Waals surface area contributed by atoms with E-state index in [1.807, 2.05) is 19.9 Å². The van der Waals surface area contributed by atoms with E-state index in [1.54, 1.807) is 12.1 Å². The van der Waals surface area contributed by atoms with E-state index in [2.05, 4.69) is 19.6 Å². The number of hydrogen-bond donors (Lipinski definition) is 1. The monoisotopic (exact) mass is 352 g/mol. The number of hydrogen-bond acceptors (Lipinski definition) is 6. The first kappa shape index (κ1) is 16.4. The Hall–Kier alpha value is -1.51. The van der Waals surface area contributed by atoms with Crippen LogP contribution in [0, 0.1) is 13.8 Å². The molecule has 1 saturated heterocycles. The summed E-state index contributed by atoms with van der Waals surface area (Å²) < 4.78 is 27.5. The van der Waals surface area contributed by atoms with Gasteiger partial charge in [-0.1, -0.05) is 0 Å². The molecule has 0 aromatic carbocycles. The number of sulfonamides is 1. The fraction of sp³-hybridized carbons (Fsp3) is 0.467. The van der Waals surface area contributed by atoms with Crippen molar-refractivity contribution in [2.45, 2.75) is 37.4 Å². The highest BCUT2D eigenvalue weighted by Gasteiger charge is 2.18. The molecule has 0 spiro atoms. The molecule has 1 fully saturated rings. The highest BCUT2D eigenvalue weighted by atomic mass is 32.2. The normalized spacial score (nSPS) is 15.3. The van der Waals surface area contributed by atoms with E-state index >= 15 is 0 Å². The summed E-state index contributed by atoms with van der Waals surface area (Å²) in [6, 6.07) is 5.25. The van der Waals surface area contributed by atoms with Gasteiger partial charge in [0, 0.05) is 23.7 Å². The quantitative estimate of drug-likeness (QED) is 0.893. The Labute approximate surface area is 140 Å². The summed E-state index contributed by atoms with van der Waals surface area (Å²) in [4.78, 5) is 12.1. The first-order valence-corrected chi connectivity index (χ1v) is 9.90. The van der Waals surface area contributed by atoms with Gasteiger partial charge in [-0.2, -0.15) is 0 Å². The molecule has 1 aliphatic rings. The van der Waals surface area contributed by atoms with Crippen molar-refractivity contribution < 1.29 is 8.42 Å². The molecular weight excluding hydrogens is 332 g/mol. The number of anilines is 1. The Morgan fingerprint density at radius 2 is 1.96 bits per heavy atom. The second-order valence-corrected chi connectivity index (χ2v) is 8.97. The van der Waals surface area contributed by atoms with Crippen LogP contribution in [0.2, 0.25) is 0 Å². The van der Waals surface area contributed by atoms with Gasteiger partial charge in [-0.05, 0) is 44.9 Å². The minimum Gasteiger partial charge on any atom is -0.341 e. The van der Waals surface area contributed by atoms with Crippen molar-refractivity contribution in [2.75, 3.05) is 18.0 Å². The second-order valence-electron chi connectivity index (χ2n) is 5.68. The van der Waals surface area contributed by atoms with Gasteiger partial charge in [-0.25, -0.2) is 23.1 Å². The van der Waals surface area contributed by atoms with E-state index in [1.165, 1.54) is 11.3 Å². The molecule has 124 valence electrons. The molecule has 0 amide bonds. The van der Waals surface area contributed by atoms with Crippen LogP contribution in [0.1, 0.15) is 29.1 Å². The number of nitrogens with one attached hydrogen (secondary N) is 1. The maximum Gasteiger partial charge on any atom is 0.250 e. The van der Waals surface area contributed by atoms with E-state index in [0.717, 1.165) is 36.5 Å². The largest absolute Gasteiger partial charge is 0.341 e. The van der Waals surface area contributed by atoms with E-state index in [0.29, 0.717) is 15.9 Å². The molecule has 0 saturated carbocycles. The topological polar surface area (TPSA) is 75.2 Å². The lowest BCUT2D eigenvalue weighted by molar-refractivity contribution is 0.582. The van der Waals surface area contributed by atoms with Gasteiger partial charge >= 0.3 is 0 Å². The molecule has 1 aliphatic heterocycles. The molecule has 23 heavy (non-hydrogen) atoms. The van der Waals surface area contributed by atoms with Gasteiger partial charge in [-0.3, -0.25) is 0 Å². The van der Waals surface area contributed by atoms with Gasteiger partial charge in [0.1, 0.15) is 4.21 Å². The molecule has 0 bridgehead atoms. The number of aryl methyl sites for hydroxylation is 2. The van der Waals surface area contributed by atoms with Crippen LogP contribution < -0.4 is 9.62 Å². The van der Waals surface area contributed by atoms with Crippen LogP contribution in [0.5, 0.6) is 0 Å². The van der Waals surface area contributed by atoms with E-state index in [4.69, 9.17) is 0 Å². The first-order valence-electron chi connectivity index (χ1n) is 7.60. The van der Waals surface area contributed by atoms with Gasteiger partial charge in [0.15, 0.2) is 0 Å². The van der Waals surface area contributed by atoms with Crippen LogP contribution in [0.3, 0.4) is 0 Å². The molecule has 3 heterocycles. The number of rotatable bonds is 5. The van der Waals surface area contributed by atoms with Crippen molar-refractivity contribution >= 4 is 27.3 Å². The van der Waals surface area contributed by atoms with Crippen LogP contribution in [0.15, 0.2) is 22.4 Å². The fourth-order valence-corrected chi connectivity index (χ4v) is 4.89. The predicted molar refractivity (Wildman–Crippen MR) is 91.3 cm³/mol. The van der Waals surface area contributed by atoms with Crippen LogP contribution in [0.4, 0.5) is 5.95 Å². The fourth-order valence-electron chi connectivity index (χ4n) is 2.56. The summed E-state index contributed by atoms with van der Waals surface area (Å²) in [5, 5.41) is 0. The van der Waals surface area contributed by atoms with Gasteiger partial charge < -0.3 is 4.90 Å². The molecule has 0 aliphatic carbocycles. The van der Waals surface area contributed by atoms with E-state index in [-0.39, 0.29) is 6.54 Å². The van der Waals surface area contributed by atoms with Crippen LogP contribution in [0.25, 0.3) is 0 Å². The minimum atomic E-state index is -3.49. The third-order valence-electron chi connectivity index (χ3n) is 3.71. The molecule has 6 nitrogen and oxygen atoms in total. The van der Waals surface area contributed by atoms with Crippen LogP contribution in [-0.2, 0) is 16.6 Å². The van der Waals surface area contributed by atoms with Crippen molar-refractivity contribution in [1.82, 2.24) is 14.7 Å². The summed E-state index contributed by atoms with van der Waals surface area (Å²) in [5.74, 6) is 0.698. The highest BCUT2D eigenvalue weighted by molar-refractivity contribution is 7.91. The number of nitrogens with zero attached hydrogens (tertiary/aromatic N) is 3. The predicted octanol–water partition coefficient (Wildman–Crippen LogP) is 2.23. The summed E-state index contributed by atoms with van der Waals surface area (Å²) in [6.45, 7) is 5.89. The Balaban J connectivity index is 1.75. The minimum absolute atomic E-state index is 0.170. The van der Waals surface area contributed by atoms with Crippen molar-refractivity contribution in [1.29, 1.82) is 0 Å². The molecule has 2 aromatic rings. The molecule has 0 unspecified atom stereocenters. The Morgan fingerprint density at radius 1 is 1.22 bits per heavy atom. The molecule has 2 aromatic heterocycles. The zero-order chi connectivity index (χ0) is 16.4. The van der Waals surface area contributed by atoms with Crippen LogP contribution >= 0.6 is 11.3 Å². The third-order valence-corrected chi connectivity index (χ3v) is 6.60. The van der Waals surface area contributed by atoms with E-state index < -0.39 is 10.0 Å². The van der Waals surface area contributed by atoms with Gasteiger partial charge in [0.05, 0.1) is 12.2 Å². The average molecular weight is 352 g/mol. The third kappa shape index (κ3) is 3.88. The maximum atomic E-state index is 12.3. The number of aromatic nitrogens is 2. The van der Waals surface area contributed by atoms with Gasteiger partial charge in [0.2, 0.25) is 16.0 Å². The molecular formula is C15H20N4O2S2. The standard InChI is InChI=1S/C15H20N4O2S2/c1-11-9-13(18-15(17-11)19-7-3-4-8-19)10-16-23(20,21)14-6-5-12(2)22-14/h5-6,9,16H,3-4,7-8,10H2,1-2H3. The molecule has 0 atom stereocenters. The van der Waals surface area contributed by atoms with Crippen molar-refractivity contribution in [3.05, 3.63) is 34.5 Å². The van der Waals surface area contributed by atoms with Crippen molar-refractivity contribution in [2.24, 2.45) is 0 Å². The summed E-state index contributed by atoms with van der Waals surface area (Å²) in [5.41, 5.74) is 1.54. The lowest BCUT2D eigenvalue weighted by Gasteiger charge is -2.16. The highest BCUT2D eigenvalue weighted by Crippen LogP contribution is 2.21. The Bertz CT molecular complexity index is 796. The van der Waals surface area contributed by atoms with Crippen LogP contribution in [-0.4, -0.2) is 31.5 Å². The smallest absolute Gasteiger partial charge is 0.250 e. The summed E-state index contributed by atoms with van der Waals surface area (Å²) in [6.07, 6.45) is 2.30. The lowest BCUT2D eigenvalue weighted by Crippen LogP contribution is -2.25. The first-order chi connectivity index (χ1) is 10.9. The lowest BCUT2D eigenvalue weighted by atomic mass is 10.3. The Kier molecular flexibility index (Phi) is 4.65. The average Bonchev–Trinajstić information content (AvgIpc) is 3.16. The summed E-state index contributed by atoms with van der Waals surface area (Å²) >= 11 is 1.27. The zero-order valence-corrected chi connectivity index (χ0v) is 14.9. The van der Waals surface area contributed by atoms with Crippen molar-refractivity contribution in [3.8, 4) is 0 Å².